The van der Waals surface area contributed by atoms with E-state index in [-0.39, 0.29) is 0 Å². The van der Waals surface area contributed by atoms with Gasteiger partial charge in [0, 0.05) is 18.3 Å². The molecular weight excluding hydrogens is 340 g/mol. The lowest BCUT2D eigenvalue weighted by Gasteiger charge is -2.39. The number of nitrogens with zero attached hydrogens (tertiary/aromatic N) is 1. The van der Waals surface area contributed by atoms with Crippen molar-refractivity contribution in [3.63, 3.8) is 0 Å². The van der Waals surface area contributed by atoms with Gasteiger partial charge in [-0.3, -0.25) is 14.5 Å². The van der Waals surface area contributed by atoms with Gasteiger partial charge in [0.05, 0.1) is 5.41 Å². The Labute approximate surface area is 162 Å². The minimum Gasteiger partial charge on any atom is -0.481 e. The molecule has 1 aromatic rings. The van der Waals surface area contributed by atoms with Gasteiger partial charge in [-0.2, -0.15) is 0 Å². The van der Waals surface area contributed by atoms with Crippen LogP contribution in [0.4, 0.5) is 5.69 Å². The number of amides is 1. The number of hydrogen-bond donors (Lipinski definition) is 2. The van der Waals surface area contributed by atoms with Crippen molar-refractivity contribution in [2.24, 2.45) is 5.41 Å². The fourth-order valence-corrected chi connectivity index (χ4v) is 4.54. The number of carboxylic acid groups (broad SMARTS) is 1. The predicted molar refractivity (Wildman–Crippen MR) is 107 cm³/mol. The third-order valence-corrected chi connectivity index (χ3v) is 6.93. The SMILES string of the molecule is Cc1ccc(C2CCC2)c(NC=O)c1CN(C)C1CCC(C)(C(=O)O)CC1. The minimum absolute atomic E-state index is 0.383. The van der Waals surface area contributed by atoms with Gasteiger partial charge in [0.2, 0.25) is 6.41 Å². The number of rotatable bonds is 7. The molecule has 0 heterocycles. The highest BCUT2D eigenvalue weighted by molar-refractivity contribution is 5.77. The highest BCUT2D eigenvalue weighted by atomic mass is 16.4. The number of aryl methyl sites for hydroxylation is 1. The van der Waals surface area contributed by atoms with Crippen LogP contribution in [0, 0.1) is 12.3 Å². The van der Waals surface area contributed by atoms with Crippen LogP contribution in [0.15, 0.2) is 12.1 Å². The van der Waals surface area contributed by atoms with Crippen LogP contribution in [0.25, 0.3) is 0 Å². The molecule has 148 valence electrons. The van der Waals surface area contributed by atoms with Crippen molar-refractivity contribution >= 4 is 18.1 Å². The van der Waals surface area contributed by atoms with Crippen molar-refractivity contribution in [1.82, 2.24) is 4.90 Å². The van der Waals surface area contributed by atoms with E-state index in [0.29, 0.717) is 12.0 Å². The molecule has 0 unspecified atom stereocenters. The number of nitrogens with one attached hydrogen (secondary N) is 1. The quantitative estimate of drug-likeness (QED) is 0.700. The molecule has 1 amide bonds. The average Bonchev–Trinajstić information content (AvgIpc) is 2.59. The molecule has 2 aliphatic carbocycles. The normalized spacial score (nSPS) is 25.9. The van der Waals surface area contributed by atoms with Crippen LogP contribution < -0.4 is 5.32 Å². The van der Waals surface area contributed by atoms with E-state index in [1.54, 1.807) is 0 Å². The van der Waals surface area contributed by atoms with E-state index in [2.05, 4.69) is 36.3 Å². The first-order valence-electron chi connectivity index (χ1n) is 10.1. The van der Waals surface area contributed by atoms with Crippen molar-refractivity contribution in [2.45, 2.75) is 77.3 Å². The lowest BCUT2D eigenvalue weighted by atomic mass is 9.73. The Kier molecular flexibility index (Phi) is 5.89. The summed E-state index contributed by atoms with van der Waals surface area (Å²) in [6.07, 6.45) is 7.69. The summed E-state index contributed by atoms with van der Waals surface area (Å²) in [7, 11) is 2.12. The van der Waals surface area contributed by atoms with Crippen molar-refractivity contribution in [1.29, 1.82) is 0 Å². The van der Waals surface area contributed by atoms with Crippen LogP contribution in [-0.4, -0.2) is 35.5 Å². The van der Waals surface area contributed by atoms with Gasteiger partial charge in [-0.15, -0.1) is 0 Å². The fourth-order valence-electron chi connectivity index (χ4n) is 4.54. The number of carbonyl (C=O) groups is 2. The maximum absolute atomic E-state index is 11.5. The Hall–Kier alpha value is -1.88. The van der Waals surface area contributed by atoms with Crippen molar-refractivity contribution in [3.05, 3.63) is 28.8 Å². The molecule has 3 rings (SSSR count). The van der Waals surface area contributed by atoms with Gasteiger partial charge >= 0.3 is 5.97 Å². The van der Waals surface area contributed by atoms with Crippen LogP contribution in [0.5, 0.6) is 0 Å². The Morgan fingerprint density at radius 3 is 2.48 bits per heavy atom. The van der Waals surface area contributed by atoms with Crippen LogP contribution in [-0.2, 0) is 16.1 Å². The van der Waals surface area contributed by atoms with Crippen molar-refractivity contribution in [3.8, 4) is 0 Å². The summed E-state index contributed by atoms with van der Waals surface area (Å²) in [5.41, 5.74) is 4.07. The second-order valence-corrected chi connectivity index (χ2v) is 8.73. The zero-order valence-electron chi connectivity index (χ0n) is 16.8. The third kappa shape index (κ3) is 4.03. The van der Waals surface area contributed by atoms with Gasteiger partial charge in [0.1, 0.15) is 0 Å². The first-order valence-corrected chi connectivity index (χ1v) is 10.1. The van der Waals surface area contributed by atoms with Gasteiger partial charge in [-0.05, 0) is 82.0 Å². The Bertz CT molecular complexity index is 704. The second-order valence-electron chi connectivity index (χ2n) is 8.73. The number of aliphatic carboxylic acids is 1. The Balaban J connectivity index is 1.76. The largest absolute Gasteiger partial charge is 0.481 e. The summed E-state index contributed by atoms with van der Waals surface area (Å²) in [5, 5.41) is 12.4. The molecule has 0 saturated heterocycles. The summed E-state index contributed by atoms with van der Waals surface area (Å²) in [6, 6.07) is 4.73. The molecule has 2 N–H and O–H groups in total. The Morgan fingerprint density at radius 1 is 1.30 bits per heavy atom. The summed E-state index contributed by atoms with van der Waals surface area (Å²) in [6.45, 7) is 4.74. The lowest BCUT2D eigenvalue weighted by Crippen LogP contribution is -2.40. The van der Waals surface area contributed by atoms with Gasteiger partial charge in [-0.1, -0.05) is 18.6 Å². The van der Waals surface area contributed by atoms with E-state index in [1.807, 2.05) is 6.92 Å². The lowest BCUT2D eigenvalue weighted by molar-refractivity contribution is -0.150. The van der Waals surface area contributed by atoms with E-state index in [1.165, 1.54) is 36.0 Å². The molecule has 2 fully saturated rings. The summed E-state index contributed by atoms with van der Waals surface area (Å²) >= 11 is 0. The van der Waals surface area contributed by atoms with Gasteiger partial charge < -0.3 is 10.4 Å². The number of carbonyl (C=O) groups excluding carboxylic acids is 1. The first-order chi connectivity index (χ1) is 12.9. The molecule has 27 heavy (non-hydrogen) atoms. The fraction of sp³-hybridized carbons (Fsp3) is 0.636. The molecule has 0 radical (unpaired) electrons. The number of anilines is 1. The predicted octanol–water partition coefficient (Wildman–Crippen LogP) is 4.30. The smallest absolute Gasteiger partial charge is 0.309 e. The molecule has 2 saturated carbocycles. The van der Waals surface area contributed by atoms with Crippen LogP contribution in [0.1, 0.15) is 74.5 Å². The average molecular weight is 373 g/mol. The number of benzene rings is 1. The Morgan fingerprint density at radius 2 is 1.96 bits per heavy atom. The molecule has 2 aliphatic rings. The maximum Gasteiger partial charge on any atom is 0.309 e. The zero-order chi connectivity index (χ0) is 19.6. The van der Waals surface area contributed by atoms with E-state index in [4.69, 9.17) is 0 Å². The molecular formula is C22H32N2O3. The number of carboxylic acids is 1. The van der Waals surface area contributed by atoms with Crippen molar-refractivity contribution < 1.29 is 14.7 Å². The maximum atomic E-state index is 11.5. The standard InChI is InChI=1S/C22H32N2O3/c1-15-7-8-18(16-5-4-6-16)20(23-14-25)19(15)13-24(3)17-9-11-22(2,12-10-17)21(26)27/h7-8,14,16-17H,4-6,9-13H2,1-3H3,(H,23,25)(H,26,27). The summed E-state index contributed by atoms with van der Waals surface area (Å²) in [5.74, 6) is -0.117. The molecule has 1 aromatic carbocycles. The van der Waals surface area contributed by atoms with Crippen LogP contribution in [0.2, 0.25) is 0 Å². The molecule has 0 spiro atoms. The van der Waals surface area contributed by atoms with Gasteiger partial charge in [-0.25, -0.2) is 0 Å². The van der Waals surface area contributed by atoms with E-state index in [0.717, 1.165) is 44.3 Å². The molecule has 0 bridgehead atoms. The molecule has 5 nitrogen and oxygen atoms in total. The third-order valence-electron chi connectivity index (χ3n) is 6.93. The molecule has 0 aromatic heterocycles. The summed E-state index contributed by atoms with van der Waals surface area (Å²) in [4.78, 5) is 25.1. The van der Waals surface area contributed by atoms with Crippen molar-refractivity contribution in [2.75, 3.05) is 12.4 Å². The highest BCUT2D eigenvalue weighted by Crippen LogP contribution is 2.42. The first kappa shape index (κ1) is 19.9. The monoisotopic (exact) mass is 372 g/mol. The van der Waals surface area contributed by atoms with E-state index < -0.39 is 11.4 Å². The van der Waals surface area contributed by atoms with Crippen LogP contribution in [0.3, 0.4) is 0 Å². The highest BCUT2D eigenvalue weighted by Gasteiger charge is 2.38. The second kappa shape index (κ2) is 8.01. The topological polar surface area (TPSA) is 69.6 Å². The van der Waals surface area contributed by atoms with E-state index in [9.17, 15) is 14.7 Å². The van der Waals surface area contributed by atoms with E-state index >= 15 is 0 Å². The molecule has 0 atom stereocenters. The molecule has 5 heteroatoms. The summed E-state index contributed by atoms with van der Waals surface area (Å²) < 4.78 is 0. The number of hydrogen-bond acceptors (Lipinski definition) is 3. The van der Waals surface area contributed by atoms with Crippen LogP contribution >= 0.6 is 0 Å². The van der Waals surface area contributed by atoms with Gasteiger partial charge in [0.15, 0.2) is 0 Å². The minimum atomic E-state index is -0.676. The zero-order valence-corrected chi connectivity index (χ0v) is 16.8. The molecule has 0 aliphatic heterocycles. The van der Waals surface area contributed by atoms with Gasteiger partial charge in [0.25, 0.3) is 0 Å².